The Hall–Kier alpha value is -1.72. The summed E-state index contributed by atoms with van der Waals surface area (Å²) in [6.07, 6.45) is 0. The van der Waals surface area contributed by atoms with E-state index in [9.17, 15) is 15.3 Å². The third-order valence-corrected chi connectivity index (χ3v) is 3.91. The van der Waals surface area contributed by atoms with Gasteiger partial charge in [-0.2, -0.15) is 0 Å². The van der Waals surface area contributed by atoms with E-state index in [1.807, 2.05) is 31.2 Å². The number of benzene rings is 2. The zero-order chi connectivity index (χ0) is 14.7. The van der Waals surface area contributed by atoms with Gasteiger partial charge in [-0.25, -0.2) is 0 Å². The summed E-state index contributed by atoms with van der Waals surface area (Å²) in [5.41, 5.74) is 1.63. The molecule has 0 bridgehead atoms. The summed E-state index contributed by atoms with van der Waals surface area (Å²) >= 11 is 3.50. The lowest BCUT2D eigenvalue weighted by molar-refractivity contribution is 0.363. The van der Waals surface area contributed by atoms with Crippen LogP contribution in [0.5, 0.6) is 17.2 Å². The molecule has 0 aliphatic heterocycles. The molecule has 2 rings (SSSR count). The number of phenols is 3. The molecular formula is C15H16BrNO3. The van der Waals surface area contributed by atoms with Gasteiger partial charge in [0.1, 0.15) is 0 Å². The van der Waals surface area contributed by atoms with E-state index >= 15 is 0 Å². The minimum Gasteiger partial charge on any atom is -0.504 e. The average Bonchev–Trinajstić information content (AvgIpc) is 2.44. The Kier molecular flexibility index (Phi) is 4.52. The summed E-state index contributed by atoms with van der Waals surface area (Å²) in [4.78, 5) is 0. The molecule has 0 heterocycles. The van der Waals surface area contributed by atoms with E-state index in [4.69, 9.17) is 0 Å². The maximum absolute atomic E-state index is 9.76. The van der Waals surface area contributed by atoms with Crippen molar-refractivity contribution in [1.29, 1.82) is 0 Å². The first-order chi connectivity index (χ1) is 9.50. The molecule has 4 nitrogen and oxygen atoms in total. The van der Waals surface area contributed by atoms with Crippen LogP contribution in [0.1, 0.15) is 24.1 Å². The third kappa shape index (κ3) is 3.05. The van der Waals surface area contributed by atoms with Crippen LogP contribution in [0.4, 0.5) is 0 Å². The van der Waals surface area contributed by atoms with E-state index in [1.54, 1.807) is 6.07 Å². The summed E-state index contributed by atoms with van der Waals surface area (Å²) in [5, 5.41) is 31.8. The van der Waals surface area contributed by atoms with Crippen molar-refractivity contribution < 1.29 is 15.3 Å². The highest BCUT2D eigenvalue weighted by atomic mass is 79.9. The lowest BCUT2D eigenvalue weighted by Gasteiger charge is -2.16. The largest absolute Gasteiger partial charge is 0.504 e. The molecule has 2 aromatic rings. The first-order valence-electron chi connectivity index (χ1n) is 6.21. The third-order valence-electron chi connectivity index (χ3n) is 3.18. The Labute approximate surface area is 125 Å². The van der Waals surface area contributed by atoms with Crippen molar-refractivity contribution >= 4 is 15.9 Å². The van der Waals surface area contributed by atoms with Gasteiger partial charge in [0, 0.05) is 22.6 Å². The maximum atomic E-state index is 9.76. The first-order valence-corrected chi connectivity index (χ1v) is 7.00. The molecule has 1 atom stereocenters. The van der Waals surface area contributed by atoms with Crippen molar-refractivity contribution in [3.05, 3.63) is 52.0 Å². The fraction of sp³-hybridized carbons (Fsp3) is 0.200. The summed E-state index contributed by atoms with van der Waals surface area (Å²) in [6, 6.07) is 10.9. The molecule has 0 radical (unpaired) electrons. The van der Waals surface area contributed by atoms with Gasteiger partial charge in [-0.3, -0.25) is 0 Å². The number of nitrogens with one attached hydrogen (secondary N) is 1. The lowest BCUT2D eigenvalue weighted by Crippen LogP contribution is -2.18. The van der Waals surface area contributed by atoms with E-state index in [1.165, 1.54) is 6.07 Å². The number of hydrogen-bond acceptors (Lipinski definition) is 4. The van der Waals surface area contributed by atoms with Crippen LogP contribution in [0.25, 0.3) is 0 Å². The van der Waals surface area contributed by atoms with Crippen LogP contribution in [0, 0.1) is 0 Å². The molecular weight excluding hydrogens is 322 g/mol. The van der Waals surface area contributed by atoms with Crippen molar-refractivity contribution in [2.75, 3.05) is 0 Å². The molecule has 0 aliphatic carbocycles. The molecule has 20 heavy (non-hydrogen) atoms. The summed E-state index contributed by atoms with van der Waals surface area (Å²) in [6.45, 7) is 2.39. The molecule has 0 unspecified atom stereocenters. The molecule has 106 valence electrons. The van der Waals surface area contributed by atoms with Gasteiger partial charge in [0.2, 0.25) is 5.75 Å². The van der Waals surface area contributed by atoms with Crippen LogP contribution in [-0.2, 0) is 6.54 Å². The highest BCUT2D eigenvalue weighted by Gasteiger charge is 2.13. The van der Waals surface area contributed by atoms with Crippen LogP contribution in [0.3, 0.4) is 0 Å². The van der Waals surface area contributed by atoms with Crippen molar-refractivity contribution in [2.24, 2.45) is 0 Å². The summed E-state index contributed by atoms with van der Waals surface area (Å²) in [5.74, 6) is -1.11. The number of aromatic hydroxyl groups is 3. The number of hydrogen-bond donors (Lipinski definition) is 4. The molecule has 4 N–H and O–H groups in total. The van der Waals surface area contributed by atoms with Crippen LogP contribution in [0.15, 0.2) is 40.9 Å². The van der Waals surface area contributed by atoms with Crippen molar-refractivity contribution in [2.45, 2.75) is 19.5 Å². The summed E-state index contributed by atoms with van der Waals surface area (Å²) in [7, 11) is 0. The molecule has 0 saturated heterocycles. The van der Waals surface area contributed by atoms with Gasteiger partial charge < -0.3 is 20.6 Å². The average molecular weight is 338 g/mol. The van der Waals surface area contributed by atoms with Crippen LogP contribution in [-0.4, -0.2) is 15.3 Å². The van der Waals surface area contributed by atoms with Crippen LogP contribution >= 0.6 is 15.9 Å². The van der Waals surface area contributed by atoms with Gasteiger partial charge in [-0.1, -0.05) is 40.2 Å². The fourth-order valence-corrected chi connectivity index (χ4v) is 2.58. The Morgan fingerprint density at radius 2 is 1.75 bits per heavy atom. The van der Waals surface area contributed by atoms with Crippen LogP contribution in [0.2, 0.25) is 0 Å². The first kappa shape index (κ1) is 14.7. The lowest BCUT2D eigenvalue weighted by atomic mass is 10.1. The van der Waals surface area contributed by atoms with Crippen molar-refractivity contribution in [3.63, 3.8) is 0 Å². The van der Waals surface area contributed by atoms with E-state index in [0.717, 1.165) is 10.0 Å². The van der Waals surface area contributed by atoms with Crippen molar-refractivity contribution in [3.8, 4) is 17.2 Å². The number of phenolic OH excluding ortho intramolecular Hbond substituents is 3. The quantitative estimate of drug-likeness (QED) is 0.645. The number of rotatable bonds is 4. The highest BCUT2D eigenvalue weighted by molar-refractivity contribution is 9.10. The zero-order valence-corrected chi connectivity index (χ0v) is 12.6. The Morgan fingerprint density at radius 1 is 1.05 bits per heavy atom. The smallest absolute Gasteiger partial charge is 0.200 e. The normalized spacial score (nSPS) is 12.3. The monoisotopic (exact) mass is 337 g/mol. The second kappa shape index (κ2) is 6.15. The molecule has 2 aromatic carbocycles. The van der Waals surface area contributed by atoms with E-state index in [-0.39, 0.29) is 17.5 Å². The molecule has 0 saturated carbocycles. The van der Waals surface area contributed by atoms with E-state index < -0.39 is 5.75 Å². The predicted octanol–water partition coefficient (Wildman–Crippen LogP) is 3.42. The minimum atomic E-state index is -0.488. The Bertz CT molecular complexity index is 616. The molecule has 0 aliphatic rings. The second-order valence-corrected chi connectivity index (χ2v) is 5.42. The maximum Gasteiger partial charge on any atom is 0.200 e. The zero-order valence-electron chi connectivity index (χ0n) is 11.0. The Morgan fingerprint density at radius 3 is 2.45 bits per heavy atom. The summed E-state index contributed by atoms with van der Waals surface area (Å²) < 4.78 is 1.01. The van der Waals surface area contributed by atoms with Gasteiger partial charge >= 0.3 is 0 Å². The van der Waals surface area contributed by atoms with Gasteiger partial charge in [0.15, 0.2) is 11.5 Å². The SMILES string of the molecule is C[C@@H](NCc1ccc(O)c(O)c1O)c1ccccc1Br. The highest BCUT2D eigenvalue weighted by Crippen LogP contribution is 2.37. The predicted molar refractivity (Wildman–Crippen MR) is 80.8 cm³/mol. The number of halogens is 1. The standard InChI is InChI=1S/C15H16BrNO3/c1-9(11-4-2-3-5-12(11)16)17-8-10-6-7-13(18)15(20)14(10)19/h2-7,9,17-20H,8H2,1H3/t9-/m1/s1. The van der Waals surface area contributed by atoms with Gasteiger partial charge in [-0.05, 0) is 24.6 Å². The minimum absolute atomic E-state index is 0.0703. The molecule has 0 aromatic heterocycles. The Balaban J connectivity index is 2.10. The molecule has 0 amide bonds. The molecule has 5 heteroatoms. The van der Waals surface area contributed by atoms with Crippen molar-refractivity contribution in [1.82, 2.24) is 5.32 Å². The van der Waals surface area contributed by atoms with Gasteiger partial charge in [0.25, 0.3) is 0 Å². The van der Waals surface area contributed by atoms with Gasteiger partial charge in [-0.15, -0.1) is 0 Å². The fourth-order valence-electron chi connectivity index (χ4n) is 1.95. The molecule has 0 fully saturated rings. The van der Waals surface area contributed by atoms with E-state index in [2.05, 4.69) is 21.2 Å². The van der Waals surface area contributed by atoms with Crippen LogP contribution < -0.4 is 5.32 Å². The van der Waals surface area contributed by atoms with Gasteiger partial charge in [0.05, 0.1) is 0 Å². The topological polar surface area (TPSA) is 72.7 Å². The van der Waals surface area contributed by atoms with E-state index in [0.29, 0.717) is 12.1 Å². The second-order valence-electron chi connectivity index (χ2n) is 4.57. The molecule has 0 spiro atoms.